The first kappa shape index (κ1) is 23.8. The molecular formula is C22H24N4O6S. The third kappa shape index (κ3) is 6.32. The standard InChI is InChI=1S/C22H24N4O6S/c1-14-5-6-15(2)18(11-14)32-13-20(27)23-16-7-9-17(10-8-16)33(28,29)26-19-12-21(30-3)25-22(24-19)31-4/h5-12H,13H2,1-4H3,(H,23,27)(H,24,25,26). The molecule has 0 aliphatic rings. The van der Waals surface area contributed by atoms with E-state index in [4.69, 9.17) is 14.2 Å². The van der Waals surface area contributed by atoms with Crippen LogP contribution in [0, 0.1) is 13.8 Å². The molecule has 0 saturated carbocycles. The molecule has 3 aromatic rings. The van der Waals surface area contributed by atoms with Crippen molar-refractivity contribution in [3.05, 3.63) is 59.7 Å². The number of benzene rings is 2. The van der Waals surface area contributed by atoms with Gasteiger partial charge >= 0.3 is 6.01 Å². The minimum Gasteiger partial charge on any atom is -0.483 e. The van der Waals surface area contributed by atoms with Crippen LogP contribution in [0.15, 0.2) is 53.4 Å². The average molecular weight is 473 g/mol. The van der Waals surface area contributed by atoms with Gasteiger partial charge in [0.05, 0.1) is 19.1 Å². The Kier molecular flexibility index (Phi) is 7.34. The molecule has 0 fully saturated rings. The molecule has 0 saturated heterocycles. The second-order valence-electron chi connectivity index (χ2n) is 7.02. The van der Waals surface area contributed by atoms with Gasteiger partial charge in [0.1, 0.15) is 5.75 Å². The number of rotatable bonds is 9. The Balaban J connectivity index is 1.64. The summed E-state index contributed by atoms with van der Waals surface area (Å²) in [6.07, 6.45) is 0. The van der Waals surface area contributed by atoms with Crippen LogP contribution in [0.25, 0.3) is 0 Å². The lowest BCUT2D eigenvalue weighted by Crippen LogP contribution is -2.20. The lowest BCUT2D eigenvalue weighted by molar-refractivity contribution is -0.118. The van der Waals surface area contributed by atoms with E-state index < -0.39 is 10.0 Å². The topological polar surface area (TPSA) is 129 Å². The second-order valence-corrected chi connectivity index (χ2v) is 8.70. The number of methoxy groups -OCH3 is 2. The molecule has 0 atom stereocenters. The quantitative estimate of drug-likeness (QED) is 0.486. The largest absolute Gasteiger partial charge is 0.483 e. The summed E-state index contributed by atoms with van der Waals surface area (Å²) in [5.41, 5.74) is 2.38. The monoisotopic (exact) mass is 472 g/mol. The number of anilines is 2. The lowest BCUT2D eigenvalue weighted by atomic mass is 10.1. The summed E-state index contributed by atoms with van der Waals surface area (Å²) >= 11 is 0. The molecule has 0 aliphatic carbocycles. The summed E-state index contributed by atoms with van der Waals surface area (Å²) in [5.74, 6) is 0.390. The normalized spacial score (nSPS) is 10.9. The van der Waals surface area contributed by atoms with Gasteiger partial charge in [0.25, 0.3) is 15.9 Å². The van der Waals surface area contributed by atoms with Crippen LogP contribution in [-0.2, 0) is 14.8 Å². The summed E-state index contributed by atoms with van der Waals surface area (Å²) < 4.78 is 43.3. The summed E-state index contributed by atoms with van der Waals surface area (Å²) in [6.45, 7) is 3.66. The summed E-state index contributed by atoms with van der Waals surface area (Å²) in [5, 5.41) is 2.67. The molecule has 0 radical (unpaired) electrons. The van der Waals surface area contributed by atoms with E-state index in [0.29, 0.717) is 11.4 Å². The van der Waals surface area contributed by atoms with Crippen molar-refractivity contribution in [1.29, 1.82) is 0 Å². The Hall–Kier alpha value is -3.86. The van der Waals surface area contributed by atoms with Crippen molar-refractivity contribution in [2.45, 2.75) is 18.7 Å². The molecule has 1 heterocycles. The van der Waals surface area contributed by atoms with Crippen LogP contribution in [0.4, 0.5) is 11.5 Å². The van der Waals surface area contributed by atoms with Crippen molar-refractivity contribution in [3.63, 3.8) is 0 Å². The maximum absolute atomic E-state index is 12.7. The van der Waals surface area contributed by atoms with Crippen LogP contribution >= 0.6 is 0 Å². The van der Waals surface area contributed by atoms with Crippen molar-refractivity contribution >= 4 is 27.4 Å². The molecule has 10 nitrogen and oxygen atoms in total. The zero-order chi connectivity index (χ0) is 24.0. The molecule has 0 unspecified atom stereocenters. The van der Waals surface area contributed by atoms with E-state index in [2.05, 4.69) is 20.0 Å². The second kappa shape index (κ2) is 10.2. The average Bonchev–Trinajstić information content (AvgIpc) is 2.79. The van der Waals surface area contributed by atoms with Gasteiger partial charge in [-0.15, -0.1) is 0 Å². The number of hydrogen-bond donors (Lipinski definition) is 2. The van der Waals surface area contributed by atoms with Gasteiger partial charge in [-0.25, -0.2) is 8.42 Å². The van der Waals surface area contributed by atoms with Crippen LogP contribution in [0.2, 0.25) is 0 Å². The highest BCUT2D eigenvalue weighted by Crippen LogP contribution is 2.22. The third-order valence-corrected chi connectivity index (χ3v) is 5.83. The molecule has 3 rings (SSSR count). The number of amides is 1. The number of sulfonamides is 1. The molecule has 1 amide bonds. The molecule has 0 spiro atoms. The van der Waals surface area contributed by atoms with Crippen molar-refractivity contribution in [3.8, 4) is 17.6 Å². The van der Waals surface area contributed by atoms with Gasteiger partial charge in [-0.3, -0.25) is 9.52 Å². The fraction of sp³-hybridized carbons (Fsp3) is 0.227. The van der Waals surface area contributed by atoms with Gasteiger partial charge in [-0.1, -0.05) is 12.1 Å². The number of nitrogens with zero attached hydrogens (tertiary/aromatic N) is 2. The highest BCUT2D eigenvalue weighted by atomic mass is 32.2. The van der Waals surface area contributed by atoms with E-state index in [1.54, 1.807) is 0 Å². The van der Waals surface area contributed by atoms with Crippen LogP contribution in [0.3, 0.4) is 0 Å². The predicted octanol–water partition coefficient (Wildman–Crippen LogP) is 2.93. The zero-order valence-corrected chi connectivity index (χ0v) is 19.4. The number of carbonyl (C=O) groups is 1. The Morgan fingerprint density at radius 2 is 1.70 bits per heavy atom. The van der Waals surface area contributed by atoms with Gasteiger partial charge in [0, 0.05) is 11.8 Å². The highest BCUT2D eigenvalue weighted by Gasteiger charge is 2.17. The predicted molar refractivity (Wildman–Crippen MR) is 122 cm³/mol. The van der Waals surface area contributed by atoms with Crippen LogP contribution in [-0.4, -0.2) is 45.1 Å². The number of aromatic nitrogens is 2. The molecule has 0 bridgehead atoms. The maximum atomic E-state index is 12.7. The van der Waals surface area contributed by atoms with Gasteiger partial charge < -0.3 is 19.5 Å². The Bertz CT molecular complexity index is 1220. The third-order valence-electron chi connectivity index (χ3n) is 4.46. The fourth-order valence-corrected chi connectivity index (χ4v) is 3.76. The van der Waals surface area contributed by atoms with Crippen molar-refractivity contribution in [1.82, 2.24) is 9.97 Å². The summed E-state index contributed by atoms with van der Waals surface area (Å²) in [6, 6.07) is 12.7. The molecule has 2 N–H and O–H groups in total. The first-order valence-corrected chi connectivity index (χ1v) is 11.3. The van der Waals surface area contributed by atoms with E-state index in [1.807, 2.05) is 32.0 Å². The number of ether oxygens (including phenoxy) is 3. The highest BCUT2D eigenvalue weighted by molar-refractivity contribution is 7.92. The van der Waals surface area contributed by atoms with Crippen LogP contribution in [0.5, 0.6) is 17.6 Å². The molecule has 33 heavy (non-hydrogen) atoms. The van der Waals surface area contributed by atoms with E-state index in [0.717, 1.165) is 11.1 Å². The van der Waals surface area contributed by atoms with Crippen LogP contribution < -0.4 is 24.2 Å². The fourth-order valence-electron chi connectivity index (χ4n) is 2.77. The van der Waals surface area contributed by atoms with Crippen molar-refractivity contribution in [2.75, 3.05) is 30.9 Å². The van der Waals surface area contributed by atoms with E-state index >= 15 is 0 Å². The minimum absolute atomic E-state index is 0.0142. The molecule has 11 heteroatoms. The number of hydrogen-bond acceptors (Lipinski definition) is 8. The first-order chi connectivity index (χ1) is 15.7. The Morgan fingerprint density at radius 3 is 2.36 bits per heavy atom. The maximum Gasteiger partial charge on any atom is 0.321 e. The summed E-state index contributed by atoms with van der Waals surface area (Å²) in [7, 11) is -1.21. The summed E-state index contributed by atoms with van der Waals surface area (Å²) in [4.78, 5) is 20.1. The van der Waals surface area contributed by atoms with E-state index in [-0.39, 0.29) is 35.1 Å². The van der Waals surface area contributed by atoms with E-state index in [1.165, 1.54) is 44.6 Å². The van der Waals surface area contributed by atoms with Gasteiger partial charge in [-0.2, -0.15) is 9.97 Å². The van der Waals surface area contributed by atoms with Gasteiger partial charge in [0.15, 0.2) is 12.4 Å². The van der Waals surface area contributed by atoms with Gasteiger partial charge in [-0.05, 0) is 55.3 Å². The Labute approximate surface area is 192 Å². The SMILES string of the molecule is COc1cc(NS(=O)(=O)c2ccc(NC(=O)COc3cc(C)ccc3C)cc2)nc(OC)n1. The van der Waals surface area contributed by atoms with E-state index in [9.17, 15) is 13.2 Å². The van der Waals surface area contributed by atoms with Gasteiger partial charge in [0.2, 0.25) is 5.88 Å². The Morgan fingerprint density at radius 1 is 0.970 bits per heavy atom. The van der Waals surface area contributed by atoms with Crippen molar-refractivity contribution < 1.29 is 27.4 Å². The molecular weight excluding hydrogens is 448 g/mol. The first-order valence-electron chi connectivity index (χ1n) is 9.80. The molecule has 1 aromatic heterocycles. The molecule has 0 aliphatic heterocycles. The van der Waals surface area contributed by atoms with Crippen LogP contribution in [0.1, 0.15) is 11.1 Å². The smallest absolute Gasteiger partial charge is 0.321 e. The number of nitrogens with one attached hydrogen (secondary N) is 2. The minimum atomic E-state index is -3.95. The van der Waals surface area contributed by atoms with Crippen molar-refractivity contribution in [2.24, 2.45) is 0 Å². The number of aryl methyl sites for hydroxylation is 2. The zero-order valence-electron chi connectivity index (χ0n) is 18.6. The molecule has 2 aromatic carbocycles. The lowest BCUT2D eigenvalue weighted by Gasteiger charge is -2.11. The number of carbonyl (C=O) groups excluding carboxylic acids is 1. The molecule has 174 valence electrons.